The molecule has 0 radical (unpaired) electrons. The first-order chi connectivity index (χ1) is 9.26. The molecule has 0 saturated carbocycles. The SMILES string of the molecule is C=CCN1C=C/C(=C/C(=O)OCC)c2ccccc21. The number of ether oxygens (including phenoxy) is 1. The minimum Gasteiger partial charge on any atom is -0.463 e. The first-order valence-corrected chi connectivity index (χ1v) is 6.30. The first kappa shape index (κ1) is 13.1. The molecule has 1 aromatic rings. The van der Waals surface area contributed by atoms with Crippen molar-refractivity contribution in [2.45, 2.75) is 6.92 Å². The lowest BCUT2D eigenvalue weighted by Crippen LogP contribution is -2.19. The number of carbonyl (C=O) groups is 1. The van der Waals surface area contributed by atoms with Gasteiger partial charge in [-0.15, -0.1) is 6.58 Å². The van der Waals surface area contributed by atoms with E-state index in [-0.39, 0.29) is 5.97 Å². The predicted octanol–water partition coefficient (Wildman–Crippen LogP) is 3.15. The number of rotatable bonds is 4. The molecule has 0 bridgehead atoms. The van der Waals surface area contributed by atoms with Gasteiger partial charge < -0.3 is 9.64 Å². The number of nitrogens with zero attached hydrogens (tertiary/aromatic N) is 1. The predicted molar refractivity (Wildman–Crippen MR) is 77.7 cm³/mol. The Balaban J connectivity index is 2.37. The van der Waals surface area contributed by atoms with Crippen LogP contribution in [0.1, 0.15) is 12.5 Å². The van der Waals surface area contributed by atoms with E-state index in [1.165, 1.54) is 6.08 Å². The van der Waals surface area contributed by atoms with Crippen LogP contribution < -0.4 is 4.90 Å². The molecule has 1 aliphatic rings. The molecule has 0 amide bonds. The van der Waals surface area contributed by atoms with E-state index in [0.717, 1.165) is 23.4 Å². The van der Waals surface area contributed by atoms with E-state index in [2.05, 4.69) is 11.5 Å². The Labute approximate surface area is 113 Å². The molecule has 19 heavy (non-hydrogen) atoms. The fourth-order valence-corrected chi connectivity index (χ4v) is 2.04. The van der Waals surface area contributed by atoms with E-state index in [9.17, 15) is 4.79 Å². The van der Waals surface area contributed by atoms with Crippen LogP contribution in [0.2, 0.25) is 0 Å². The molecule has 0 aliphatic carbocycles. The number of esters is 1. The average molecular weight is 255 g/mol. The van der Waals surface area contributed by atoms with Crippen LogP contribution in [0, 0.1) is 0 Å². The van der Waals surface area contributed by atoms with Crippen LogP contribution in [-0.2, 0) is 9.53 Å². The summed E-state index contributed by atoms with van der Waals surface area (Å²) in [6.45, 7) is 6.68. The number of carbonyl (C=O) groups excluding carboxylic acids is 1. The van der Waals surface area contributed by atoms with Gasteiger partial charge >= 0.3 is 5.97 Å². The Hall–Kier alpha value is -2.29. The summed E-state index contributed by atoms with van der Waals surface area (Å²) in [6.07, 6.45) is 7.25. The maximum absolute atomic E-state index is 11.6. The van der Waals surface area contributed by atoms with E-state index >= 15 is 0 Å². The summed E-state index contributed by atoms with van der Waals surface area (Å²) in [7, 11) is 0. The molecule has 3 nitrogen and oxygen atoms in total. The van der Waals surface area contributed by atoms with Gasteiger partial charge in [-0.1, -0.05) is 24.3 Å². The third-order valence-corrected chi connectivity index (χ3v) is 2.84. The van der Waals surface area contributed by atoms with Gasteiger partial charge in [-0.3, -0.25) is 0 Å². The second kappa shape index (κ2) is 6.05. The summed E-state index contributed by atoms with van der Waals surface area (Å²) in [6, 6.07) is 7.97. The van der Waals surface area contributed by atoms with E-state index in [1.807, 2.05) is 42.6 Å². The maximum atomic E-state index is 11.6. The number of hydrogen-bond acceptors (Lipinski definition) is 3. The standard InChI is InChI=1S/C16H17NO2/c1-3-10-17-11-9-13(12-16(18)19-4-2)14-7-5-6-8-15(14)17/h3,5-9,11-12H,1,4,10H2,2H3/b13-12-. The average Bonchev–Trinajstić information content (AvgIpc) is 2.42. The summed E-state index contributed by atoms with van der Waals surface area (Å²) in [5.41, 5.74) is 2.97. The van der Waals surface area contributed by atoms with Crippen molar-refractivity contribution < 1.29 is 9.53 Å². The molecule has 0 fully saturated rings. The van der Waals surface area contributed by atoms with Crippen LogP contribution in [-0.4, -0.2) is 19.1 Å². The molecular weight excluding hydrogens is 238 g/mol. The lowest BCUT2D eigenvalue weighted by molar-refractivity contribution is -0.137. The number of para-hydroxylation sites is 1. The summed E-state index contributed by atoms with van der Waals surface area (Å²) in [5.74, 6) is -0.311. The lowest BCUT2D eigenvalue weighted by Gasteiger charge is -2.26. The third-order valence-electron chi connectivity index (χ3n) is 2.84. The molecule has 1 aliphatic heterocycles. The molecule has 2 rings (SSSR count). The molecule has 1 heterocycles. The molecule has 0 atom stereocenters. The Morgan fingerprint density at radius 3 is 2.95 bits per heavy atom. The zero-order valence-electron chi connectivity index (χ0n) is 11.0. The summed E-state index contributed by atoms with van der Waals surface area (Å²) in [5, 5.41) is 0. The van der Waals surface area contributed by atoms with Crippen LogP contribution in [0.25, 0.3) is 5.57 Å². The van der Waals surface area contributed by atoms with Crippen LogP contribution in [0.3, 0.4) is 0 Å². The van der Waals surface area contributed by atoms with Crippen LogP contribution >= 0.6 is 0 Å². The number of anilines is 1. The fourth-order valence-electron chi connectivity index (χ4n) is 2.04. The summed E-state index contributed by atoms with van der Waals surface area (Å²) >= 11 is 0. The Kier molecular flexibility index (Phi) is 4.18. The minimum atomic E-state index is -0.311. The Morgan fingerprint density at radius 2 is 2.21 bits per heavy atom. The monoisotopic (exact) mass is 255 g/mol. The molecule has 0 spiro atoms. The summed E-state index contributed by atoms with van der Waals surface area (Å²) < 4.78 is 4.95. The highest BCUT2D eigenvalue weighted by Gasteiger charge is 2.15. The van der Waals surface area contributed by atoms with Gasteiger partial charge in [-0.05, 0) is 24.6 Å². The maximum Gasteiger partial charge on any atom is 0.331 e. The van der Waals surface area contributed by atoms with E-state index in [1.54, 1.807) is 6.92 Å². The largest absolute Gasteiger partial charge is 0.463 e. The van der Waals surface area contributed by atoms with Gasteiger partial charge in [0.1, 0.15) is 0 Å². The van der Waals surface area contributed by atoms with Gasteiger partial charge in [0, 0.05) is 30.1 Å². The molecule has 98 valence electrons. The van der Waals surface area contributed by atoms with E-state index in [0.29, 0.717) is 6.61 Å². The van der Waals surface area contributed by atoms with Gasteiger partial charge in [0.15, 0.2) is 0 Å². The molecule has 0 aromatic heterocycles. The molecule has 0 N–H and O–H groups in total. The fraction of sp³-hybridized carbons (Fsp3) is 0.188. The number of benzene rings is 1. The van der Waals surface area contributed by atoms with Crippen molar-refractivity contribution in [1.29, 1.82) is 0 Å². The number of fused-ring (bicyclic) bond motifs is 1. The van der Waals surface area contributed by atoms with Crippen molar-refractivity contribution in [3.05, 3.63) is 60.8 Å². The van der Waals surface area contributed by atoms with Gasteiger partial charge in [0.25, 0.3) is 0 Å². The molecule has 3 heteroatoms. The molecule has 0 unspecified atom stereocenters. The van der Waals surface area contributed by atoms with E-state index < -0.39 is 0 Å². The van der Waals surface area contributed by atoms with Gasteiger partial charge in [-0.2, -0.15) is 0 Å². The summed E-state index contributed by atoms with van der Waals surface area (Å²) in [4.78, 5) is 13.7. The van der Waals surface area contributed by atoms with Crippen molar-refractivity contribution >= 4 is 17.2 Å². The Morgan fingerprint density at radius 1 is 1.42 bits per heavy atom. The quantitative estimate of drug-likeness (QED) is 0.470. The zero-order valence-corrected chi connectivity index (χ0v) is 11.0. The van der Waals surface area contributed by atoms with E-state index in [4.69, 9.17) is 4.74 Å². The van der Waals surface area contributed by atoms with Crippen molar-refractivity contribution in [1.82, 2.24) is 0 Å². The van der Waals surface area contributed by atoms with Gasteiger partial charge in [-0.25, -0.2) is 4.79 Å². The van der Waals surface area contributed by atoms with Crippen LogP contribution in [0.5, 0.6) is 0 Å². The normalized spacial score (nSPS) is 15.2. The van der Waals surface area contributed by atoms with Crippen molar-refractivity contribution in [2.75, 3.05) is 18.1 Å². The molecule has 0 saturated heterocycles. The van der Waals surface area contributed by atoms with Crippen molar-refractivity contribution in [3.63, 3.8) is 0 Å². The van der Waals surface area contributed by atoms with Crippen molar-refractivity contribution in [3.8, 4) is 0 Å². The smallest absolute Gasteiger partial charge is 0.331 e. The highest BCUT2D eigenvalue weighted by Crippen LogP contribution is 2.32. The van der Waals surface area contributed by atoms with Crippen molar-refractivity contribution in [2.24, 2.45) is 0 Å². The number of hydrogen-bond donors (Lipinski definition) is 0. The molecular formula is C16H17NO2. The Bertz CT molecular complexity index is 543. The second-order valence-electron chi connectivity index (χ2n) is 4.13. The minimum absolute atomic E-state index is 0.311. The highest BCUT2D eigenvalue weighted by molar-refractivity contribution is 5.97. The van der Waals surface area contributed by atoms with Crippen LogP contribution in [0.15, 0.2) is 55.3 Å². The van der Waals surface area contributed by atoms with Gasteiger partial charge in [0.2, 0.25) is 0 Å². The van der Waals surface area contributed by atoms with Crippen LogP contribution in [0.4, 0.5) is 5.69 Å². The first-order valence-electron chi connectivity index (χ1n) is 6.30. The third kappa shape index (κ3) is 2.94. The number of allylic oxidation sites excluding steroid dienone is 2. The zero-order chi connectivity index (χ0) is 13.7. The highest BCUT2D eigenvalue weighted by atomic mass is 16.5. The topological polar surface area (TPSA) is 29.5 Å². The van der Waals surface area contributed by atoms with Gasteiger partial charge in [0.05, 0.1) is 6.61 Å². The lowest BCUT2D eigenvalue weighted by atomic mass is 9.99. The molecule has 1 aromatic carbocycles. The second-order valence-corrected chi connectivity index (χ2v) is 4.13.